The molecular formula is C19H22ClNO3. The number of rotatable bonds is 7. The summed E-state index contributed by atoms with van der Waals surface area (Å²) in [6.07, 6.45) is 0.0341. The number of aliphatic hydroxyl groups is 1. The Balaban J connectivity index is 1.87. The fourth-order valence-electron chi connectivity index (χ4n) is 2.50. The van der Waals surface area contributed by atoms with E-state index in [2.05, 4.69) is 5.32 Å². The zero-order chi connectivity index (χ0) is 17.5. The summed E-state index contributed by atoms with van der Waals surface area (Å²) < 4.78 is 5.09. The number of methoxy groups -OCH3 is 1. The topological polar surface area (TPSA) is 58.6 Å². The van der Waals surface area contributed by atoms with Crippen LogP contribution in [0.1, 0.15) is 30.6 Å². The van der Waals surface area contributed by atoms with Crippen molar-refractivity contribution in [2.75, 3.05) is 7.11 Å². The van der Waals surface area contributed by atoms with Gasteiger partial charge in [0.05, 0.1) is 19.6 Å². The molecule has 4 nitrogen and oxygen atoms in total. The van der Waals surface area contributed by atoms with Crippen molar-refractivity contribution in [3.8, 4) is 5.75 Å². The summed E-state index contributed by atoms with van der Waals surface area (Å²) in [4.78, 5) is 12.2. The third-order valence-electron chi connectivity index (χ3n) is 3.78. The van der Waals surface area contributed by atoms with Gasteiger partial charge in [-0.3, -0.25) is 4.79 Å². The number of amides is 1. The second-order valence-electron chi connectivity index (χ2n) is 5.76. The highest BCUT2D eigenvalue weighted by atomic mass is 35.5. The van der Waals surface area contributed by atoms with Gasteiger partial charge in [-0.25, -0.2) is 0 Å². The van der Waals surface area contributed by atoms with Gasteiger partial charge in [0.25, 0.3) is 0 Å². The van der Waals surface area contributed by atoms with E-state index in [9.17, 15) is 9.90 Å². The molecule has 5 heteroatoms. The van der Waals surface area contributed by atoms with Crippen LogP contribution in [-0.4, -0.2) is 24.2 Å². The largest absolute Gasteiger partial charge is 0.497 e. The number of hydrogen-bond donors (Lipinski definition) is 2. The van der Waals surface area contributed by atoms with Gasteiger partial charge in [-0.1, -0.05) is 48.0 Å². The summed E-state index contributed by atoms with van der Waals surface area (Å²) in [5.41, 5.74) is 1.59. The van der Waals surface area contributed by atoms with Gasteiger partial charge in [0.2, 0.25) is 5.91 Å². The quantitative estimate of drug-likeness (QED) is 0.805. The first-order valence-electron chi connectivity index (χ1n) is 7.84. The lowest BCUT2D eigenvalue weighted by Gasteiger charge is -2.18. The summed E-state index contributed by atoms with van der Waals surface area (Å²) in [6.45, 7) is 1.87. The minimum atomic E-state index is -0.605. The lowest BCUT2D eigenvalue weighted by atomic mass is 10.0. The molecule has 2 rings (SSSR count). The molecule has 0 aliphatic heterocycles. The minimum Gasteiger partial charge on any atom is -0.497 e. The maximum atomic E-state index is 12.2. The molecule has 2 aromatic rings. The highest BCUT2D eigenvalue weighted by Crippen LogP contribution is 2.23. The summed E-state index contributed by atoms with van der Waals surface area (Å²) in [5.74, 6) is 0.526. The van der Waals surface area contributed by atoms with E-state index >= 15 is 0 Å². The summed E-state index contributed by atoms with van der Waals surface area (Å²) in [5, 5.41) is 13.6. The highest BCUT2D eigenvalue weighted by molar-refractivity contribution is 6.31. The predicted octanol–water partition coefficient (Wildman–Crippen LogP) is 3.52. The maximum absolute atomic E-state index is 12.2. The molecule has 128 valence electrons. The number of carbonyl (C=O) groups excluding carboxylic acids is 1. The average molecular weight is 348 g/mol. The Morgan fingerprint density at radius 2 is 1.96 bits per heavy atom. The second kappa shape index (κ2) is 8.71. The van der Waals surface area contributed by atoms with Crippen molar-refractivity contribution in [3.05, 3.63) is 64.7 Å². The third kappa shape index (κ3) is 5.25. The Morgan fingerprint density at radius 3 is 2.58 bits per heavy atom. The van der Waals surface area contributed by atoms with E-state index in [1.165, 1.54) is 0 Å². The molecule has 1 amide bonds. The first-order chi connectivity index (χ1) is 11.5. The van der Waals surface area contributed by atoms with Gasteiger partial charge in [0.1, 0.15) is 5.75 Å². The van der Waals surface area contributed by atoms with Crippen LogP contribution in [0.25, 0.3) is 0 Å². The van der Waals surface area contributed by atoms with E-state index < -0.39 is 6.10 Å². The van der Waals surface area contributed by atoms with Gasteiger partial charge < -0.3 is 15.2 Å². The lowest BCUT2D eigenvalue weighted by molar-refractivity contribution is -0.121. The van der Waals surface area contributed by atoms with Crippen LogP contribution in [0.3, 0.4) is 0 Å². The van der Waals surface area contributed by atoms with E-state index in [0.717, 1.165) is 11.1 Å². The normalized spacial score (nSPS) is 13.2. The average Bonchev–Trinajstić information content (AvgIpc) is 2.57. The van der Waals surface area contributed by atoms with Crippen LogP contribution < -0.4 is 10.1 Å². The van der Waals surface area contributed by atoms with Crippen molar-refractivity contribution in [3.63, 3.8) is 0 Å². The smallest absolute Gasteiger partial charge is 0.224 e. The number of aliphatic hydroxyl groups excluding tert-OH is 1. The molecule has 0 aromatic heterocycles. The molecule has 0 fully saturated rings. The number of carbonyl (C=O) groups is 1. The standard InChI is InChI=1S/C19H22ClNO3/c1-13(10-18(22)14-6-4-3-5-7-14)21-19(23)11-15-8-9-16(24-2)12-17(15)20/h3-9,12-13,18,22H,10-11H2,1-2H3,(H,21,23). The second-order valence-corrected chi connectivity index (χ2v) is 6.17. The van der Waals surface area contributed by atoms with E-state index in [1.807, 2.05) is 37.3 Å². The molecule has 0 radical (unpaired) electrons. The SMILES string of the molecule is COc1ccc(CC(=O)NC(C)CC(O)c2ccccc2)c(Cl)c1. The van der Waals surface area contributed by atoms with Gasteiger partial charge in [-0.05, 0) is 36.6 Å². The predicted molar refractivity (Wildman–Crippen MR) is 95.3 cm³/mol. The fraction of sp³-hybridized carbons (Fsp3) is 0.316. The van der Waals surface area contributed by atoms with Crippen LogP contribution in [0.5, 0.6) is 5.75 Å². The molecule has 2 aromatic carbocycles. The van der Waals surface area contributed by atoms with Crippen LogP contribution >= 0.6 is 11.6 Å². The van der Waals surface area contributed by atoms with E-state index in [0.29, 0.717) is 17.2 Å². The molecule has 2 atom stereocenters. The van der Waals surface area contributed by atoms with Crippen molar-refractivity contribution in [1.29, 1.82) is 0 Å². The number of ether oxygens (including phenoxy) is 1. The van der Waals surface area contributed by atoms with Crippen molar-refractivity contribution in [2.24, 2.45) is 0 Å². The molecule has 0 saturated carbocycles. The monoisotopic (exact) mass is 347 g/mol. The molecule has 2 N–H and O–H groups in total. The van der Waals surface area contributed by atoms with Crippen LogP contribution in [0.2, 0.25) is 5.02 Å². The molecule has 0 heterocycles. The zero-order valence-electron chi connectivity index (χ0n) is 13.8. The third-order valence-corrected chi connectivity index (χ3v) is 4.13. The molecule has 0 saturated heterocycles. The Morgan fingerprint density at radius 1 is 1.25 bits per heavy atom. The molecule has 0 spiro atoms. The van der Waals surface area contributed by atoms with Crippen molar-refractivity contribution in [1.82, 2.24) is 5.32 Å². The fourth-order valence-corrected chi connectivity index (χ4v) is 2.74. The molecule has 24 heavy (non-hydrogen) atoms. The molecule has 0 bridgehead atoms. The summed E-state index contributed by atoms with van der Waals surface area (Å²) in [6, 6.07) is 14.5. The van der Waals surface area contributed by atoms with Gasteiger partial charge in [0, 0.05) is 11.1 Å². The molecule has 0 aliphatic carbocycles. The highest BCUT2D eigenvalue weighted by Gasteiger charge is 2.15. The van der Waals surface area contributed by atoms with Crippen LogP contribution in [0.15, 0.2) is 48.5 Å². The van der Waals surface area contributed by atoms with Crippen LogP contribution in [0, 0.1) is 0 Å². The molecule has 2 unspecified atom stereocenters. The van der Waals surface area contributed by atoms with E-state index in [4.69, 9.17) is 16.3 Å². The Bertz CT molecular complexity index is 676. The van der Waals surface area contributed by atoms with E-state index in [1.54, 1.807) is 25.3 Å². The Labute approximate surface area is 147 Å². The van der Waals surface area contributed by atoms with E-state index in [-0.39, 0.29) is 18.4 Å². The number of halogens is 1. The van der Waals surface area contributed by atoms with Gasteiger partial charge in [-0.15, -0.1) is 0 Å². The number of benzene rings is 2. The molecule has 0 aliphatic rings. The Kier molecular flexibility index (Phi) is 6.64. The van der Waals surface area contributed by atoms with Gasteiger partial charge in [-0.2, -0.15) is 0 Å². The first-order valence-corrected chi connectivity index (χ1v) is 8.22. The van der Waals surface area contributed by atoms with Crippen LogP contribution in [0.4, 0.5) is 0 Å². The van der Waals surface area contributed by atoms with Gasteiger partial charge >= 0.3 is 0 Å². The molecular weight excluding hydrogens is 326 g/mol. The summed E-state index contributed by atoms with van der Waals surface area (Å²) >= 11 is 6.15. The first kappa shape index (κ1) is 18.3. The lowest BCUT2D eigenvalue weighted by Crippen LogP contribution is -2.34. The van der Waals surface area contributed by atoms with Crippen molar-refractivity contribution in [2.45, 2.75) is 31.9 Å². The zero-order valence-corrected chi connectivity index (χ0v) is 14.6. The van der Waals surface area contributed by atoms with Gasteiger partial charge in [0.15, 0.2) is 0 Å². The minimum absolute atomic E-state index is 0.130. The van der Waals surface area contributed by atoms with Crippen molar-refractivity contribution >= 4 is 17.5 Å². The number of hydrogen-bond acceptors (Lipinski definition) is 3. The van der Waals surface area contributed by atoms with Crippen LogP contribution in [-0.2, 0) is 11.2 Å². The maximum Gasteiger partial charge on any atom is 0.224 e. The summed E-state index contributed by atoms with van der Waals surface area (Å²) in [7, 11) is 1.57. The Hall–Kier alpha value is -2.04. The van der Waals surface area contributed by atoms with Crippen molar-refractivity contribution < 1.29 is 14.6 Å². The number of nitrogens with one attached hydrogen (secondary N) is 1.